The zero-order valence-electron chi connectivity index (χ0n) is 87.7. The van der Waals surface area contributed by atoms with Crippen LogP contribution in [0.4, 0.5) is 0 Å². The molecule has 3 atom stereocenters. The smallest absolute Gasteiger partial charge is 0.343 e. The number of aliphatic carboxylic acids is 1. The van der Waals surface area contributed by atoms with E-state index in [1.807, 2.05) is 170 Å². The molecule has 0 bridgehead atoms. The molecule has 3 saturated heterocycles. The van der Waals surface area contributed by atoms with Crippen LogP contribution in [0.15, 0.2) is 174 Å². The van der Waals surface area contributed by atoms with Crippen LogP contribution >= 0.6 is 11.6 Å². The summed E-state index contributed by atoms with van der Waals surface area (Å²) in [6, 6.07) is 53.1. The average Bonchev–Trinajstić information content (AvgIpc) is 0.878. The van der Waals surface area contributed by atoms with Crippen LogP contribution in [0.3, 0.4) is 0 Å². The highest BCUT2D eigenvalue weighted by molar-refractivity contribution is 6.30. The molecule has 0 aliphatic carbocycles. The van der Waals surface area contributed by atoms with Gasteiger partial charge in [-0.25, -0.2) is 19.6 Å². The fraction of sp³-hybridized carbons (Fsp3) is 0.381. The van der Waals surface area contributed by atoms with Gasteiger partial charge in [0.1, 0.15) is 100 Å². The Balaban J connectivity index is 0.000000163. The largest absolute Gasteiger partial charge is 0.508 e. The first kappa shape index (κ1) is 111. The molecule has 28 heteroatoms. The Hall–Kier alpha value is -13.5. The molecule has 0 spiro atoms. The molecule has 3 unspecified atom stereocenters. The molecule has 16 rings (SSSR count). The van der Waals surface area contributed by atoms with Crippen molar-refractivity contribution in [2.24, 2.45) is 0 Å². The third kappa shape index (κ3) is 30.1. The molecule has 3 fully saturated rings. The van der Waals surface area contributed by atoms with Gasteiger partial charge in [-0.2, -0.15) is 0 Å². The molecule has 3 aliphatic rings. The van der Waals surface area contributed by atoms with Crippen molar-refractivity contribution in [1.82, 2.24) is 24.9 Å². The molecule has 0 saturated carbocycles. The number of aromatic hydroxyl groups is 2. The molecular formula is C118H138ClN5O22. The number of phenols is 1. The minimum Gasteiger partial charge on any atom is -0.508 e. The van der Waals surface area contributed by atoms with E-state index in [4.69, 9.17) is 107 Å². The number of esters is 1. The number of aromatic nitrogens is 5. The molecule has 3 N–H and O–H groups in total. The summed E-state index contributed by atoms with van der Waals surface area (Å²) in [7, 11) is 7.71. The SMILES string of the molecule is COCOc1ccc(Cc2c(C)cc(O)c(C)c2C)nc1C1CCCO1.COCOc1ccc(Cc2c(C)cc(OCC(=O)OC)c(C)c2C)nc1C1CCCO1.COCOc1ccc(Cc2c(C)cc(OCc3ccccc3)c(C)c2C)nc1-c1ccco1.COCOc1ccc(Cc2c(C)cc(OCc3ccccc3)c(C)c2C)nc1Cl.Cc1cc(OCC(=O)O)c(C)c(C)c1Cc1ccc(O)c(C2CCCO2)n1. The minimum absolute atomic E-state index is 0.0226. The summed E-state index contributed by atoms with van der Waals surface area (Å²) >= 11 is 6.26. The summed E-state index contributed by atoms with van der Waals surface area (Å²) in [6.45, 7) is 34.3. The van der Waals surface area contributed by atoms with Crippen LogP contribution in [-0.2, 0) is 92.8 Å². The quantitative estimate of drug-likeness (QED) is 0.0184. The summed E-state index contributed by atoms with van der Waals surface area (Å²) in [4.78, 5) is 46.0. The maximum absolute atomic E-state index is 11.4. The monoisotopic (exact) mass is 2010 g/mol. The zero-order chi connectivity index (χ0) is 105. The van der Waals surface area contributed by atoms with Crippen molar-refractivity contribution in [3.8, 4) is 68.9 Å². The molecule has 0 radical (unpaired) electrons. The number of benzene rings is 7. The number of hydrogen-bond acceptors (Lipinski definition) is 26. The van der Waals surface area contributed by atoms with E-state index in [1.165, 1.54) is 51.6 Å². The van der Waals surface area contributed by atoms with Gasteiger partial charge in [-0.05, 0) is 368 Å². The Bertz CT molecular complexity index is 6540. The van der Waals surface area contributed by atoms with Crippen LogP contribution in [0.25, 0.3) is 11.5 Å². The lowest BCUT2D eigenvalue weighted by molar-refractivity contribution is -0.143. The number of carboxylic acids is 1. The van der Waals surface area contributed by atoms with Crippen molar-refractivity contribution < 1.29 is 105 Å². The van der Waals surface area contributed by atoms with Crippen LogP contribution in [0.1, 0.15) is 225 Å². The minimum atomic E-state index is -0.997. The third-order valence-corrected chi connectivity index (χ3v) is 26.9. The number of hydrogen-bond donors (Lipinski definition) is 3. The third-order valence-electron chi connectivity index (χ3n) is 26.7. The Morgan fingerprint density at radius 2 is 0.685 bits per heavy atom. The van der Waals surface area contributed by atoms with Gasteiger partial charge in [0.05, 0.1) is 13.4 Å². The number of carbonyl (C=O) groups excluding carboxylic acids is 1. The van der Waals surface area contributed by atoms with E-state index in [2.05, 4.69) is 106 Å². The Labute approximate surface area is 862 Å². The van der Waals surface area contributed by atoms with Gasteiger partial charge in [0.25, 0.3) is 0 Å². The van der Waals surface area contributed by atoms with Crippen LogP contribution < -0.4 is 37.9 Å². The lowest BCUT2D eigenvalue weighted by Gasteiger charge is -2.19. The molecule has 0 amide bonds. The summed E-state index contributed by atoms with van der Waals surface area (Å²) in [5, 5.41) is 29.3. The second kappa shape index (κ2) is 54.6. The second-order valence-corrected chi connectivity index (χ2v) is 37.0. The van der Waals surface area contributed by atoms with Crippen molar-refractivity contribution in [3.63, 3.8) is 0 Å². The van der Waals surface area contributed by atoms with Gasteiger partial charge >= 0.3 is 11.9 Å². The van der Waals surface area contributed by atoms with Crippen LogP contribution in [0.2, 0.25) is 5.15 Å². The van der Waals surface area contributed by atoms with Crippen molar-refractivity contribution in [2.75, 3.05) is 95.8 Å². The highest BCUT2D eigenvalue weighted by Crippen LogP contribution is 2.42. The first-order valence-corrected chi connectivity index (χ1v) is 49.5. The summed E-state index contributed by atoms with van der Waals surface area (Å²) in [5.41, 5.74) is 32.3. The van der Waals surface area contributed by atoms with Gasteiger partial charge in [0, 0.05) is 109 Å². The van der Waals surface area contributed by atoms with Gasteiger partial charge < -0.3 is 95.5 Å². The number of rotatable bonds is 38. The first-order valence-electron chi connectivity index (χ1n) is 49.1. The highest BCUT2D eigenvalue weighted by atomic mass is 35.5. The van der Waals surface area contributed by atoms with Crippen molar-refractivity contribution in [1.29, 1.82) is 0 Å². The molecule has 27 nitrogen and oxygen atoms in total. The zero-order valence-corrected chi connectivity index (χ0v) is 88.4. The summed E-state index contributed by atoms with van der Waals surface area (Å²) in [6.07, 6.45) is 10.6. The van der Waals surface area contributed by atoms with Crippen molar-refractivity contribution >= 4 is 23.5 Å². The number of nitrogens with zero attached hydrogens (tertiary/aromatic N) is 5. The van der Waals surface area contributed by atoms with Gasteiger partial charge in [-0.15, -0.1) is 0 Å². The van der Waals surface area contributed by atoms with Gasteiger partial charge in [0.15, 0.2) is 62.8 Å². The molecule has 774 valence electrons. The molecule has 6 aromatic heterocycles. The molecular weight excluding hydrogens is 1870 g/mol. The van der Waals surface area contributed by atoms with Crippen LogP contribution in [0.5, 0.6) is 57.5 Å². The number of carbonyl (C=O) groups is 2. The van der Waals surface area contributed by atoms with Crippen molar-refractivity contribution in [3.05, 3.63) is 343 Å². The summed E-state index contributed by atoms with van der Waals surface area (Å²) in [5.74, 6) is 5.49. The van der Waals surface area contributed by atoms with E-state index >= 15 is 0 Å². The summed E-state index contributed by atoms with van der Waals surface area (Å²) < 4.78 is 93.5. The standard InChI is InChI=1S/C28H29NO4.C24H26ClNO3.C24H31NO6.C21H25NO5.C21H27NO4/c1-19-15-27(32-17-22-9-6-5-7-10-22)21(3)20(2)24(19)16-23-12-13-26(33-18-30-4)28(29-23)25-11-8-14-31-25;1-16-12-23(28-14-19-8-6-5-7-9-19)18(3)17(2)21(16)13-20-10-11-22(24(25)26-20)29-15-27-4;1-15-11-22(30-13-23(26)28-5)17(3)16(2)19(15)12-18-8-9-21(31-14-27-4)24(25-18)20-7-6-10-29-20;1-12-9-19(27-11-20(24)25)14(3)13(2)16(12)10-15-6-7-17(23)21(22-15)18-5-4-8-26-18;1-13-10-18(23)15(3)14(2)17(13)11-16-7-8-20(26-12-24-4)21(22-16)19-6-5-9-25-19/h5-15H,16-18H2,1-4H3;5-12H,13-15H2,1-4H3;8-9,11,20H,6-7,10,12-14H2,1-5H3;6-7,9,18,23H,4-5,8,10-11H2,1-3H3,(H,24,25);7-8,10,19,23H,5-6,9,11-12H2,1-4H3. The number of furan rings is 1. The number of halogens is 1. The lowest BCUT2D eigenvalue weighted by Crippen LogP contribution is -2.14. The predicted octanol–water partition coefficient (Wildman–Crippen LogP) is 24.0. The maximum Gasteiger partial charge on any atom is 0.343 e. The first-order chi connectivity index (χ1) is 70.4. The second-order valence-electron chi connectivity index (χ2n) is 36.6. The molecule has 9 heterocycles. The normalized spacial score (nSPS) is 14.0. The topological polar surface area (TPSA) is 320 Å². The number of phenolic OH excluding ortho intramolecular Hbond substituents is 1. The number of carboxylic acid groups (broad SMARTS) is 1. The van der Waals surface area contributed by atoms with Gasteiger partial charge in [-0.3, -0.25) is 15.0 Å². The Morgan fingerprint density at radius 1 is 0.342 bits per heavy atom. The molecule has 13 aromatic rings. The number of pyridine rings is 5. The van der Waals surface area contributed by atoms with Gasteiger partial charge in [0.2, 0.25) is 0 Å². The van der Waals surface area contributed by atoms with Crippen LogP contribution in [-0.4, -0.2) is 148 Å². The van der Waals surface area contributed by atoms with E-state index in [0.29, 0.717) is 109 Å². The fourth-order valence-corrected chi connectivity index (χ4v) is 18.0. The van der Waals surface area contributed by atoms with E-state index < -0.39 is 11.9 Å². The number of methoxy groups -OCH3 is 5. The molecule has 3 aliphatic heterocycles. The average molecular weight is 2010 g/mol. The highest BCUT2D eigenvalue weighted by Gasteiger charge is 2.30. The van der Waals surface area contributed by atoms with Gasteiger partial charge in [-0.1, -0.05) is 72.3 Å². The molecule has 7 aromatic carbocycles. The van der Waals surface area contributed by atoms with E-state index in [-0.39, 0.29) is 64.4 Å². The Kier molecular flexibility index (Phi) is 41.6. The Morgan fingerprint density at radius 3 is 1.06 bits per heavy atom. The predicted molar refractivity (Wildman–Crippen MR) is 561 cm³/mol. The number of aryl methyl sites for hydroxylation is 5. The maximum atomic E-state index is 11.4. The molecule has 146 heavy (non-hydrogen) atoms. The fourth-order valence-electron chi connectivity index (χ4n) is 17.8. The van der Waals surface area contributed by atoms with E-state index in [0.717, 1.165) is 187 Å². The van der Waals surface area contributed by atoms with Crippen LogP contribution in [0, 0.1) is 104 Å². The van der Waals surface area contributed by atoms with E-state index in [9.17, 15) is 19.8 Å². The number of ether oxygens (including phenoxy) is 16. The lowest BCUT2D eigenvalue weighted by atomic mass is 9.93. The van der Waals surface area contributed by atoms with Crippen molar-refractivity contribution in [2.45, 2.75) is 206 Å². The van der Waals surface area contributed by atoms with E-state index in [1.54, 1.807) is 40.8 Å².